The van der Waals surface area contributed by atoms with Crippen LogP contribution in [0.1, 0.15) is 40.0 Å². The number of aliphatic hydroxyl groups is 1. The second-order valence-electron chi connectivity index (χ2n) is 6.93. The molecule has 1 aliphatic carbocycles. The Balaban J connectivity index is 1.86. The number of hydrogen-bond acceptors (Lipinski definition) is 3. The Kier molecular flexibility index (Phi) is 4.68. The standard InChI is InChI=1S/C15H30N2O/c1-10-6-11(2)14(15(16)7-10)9-17-5-4-13(8-17)12(3)18/h10-15,18H,4-9,16H2,1-3H3. The average molecular weight is 254 g/mol. The van der Waals surface area contributed by atoms with Gasteiger partial charge in [-0.15, -0.1) is 0 Å². The van der Waals surface area contributed by atoms with Crippen LogP contribution in [0.4, 0.5) is 0 Å². The van der Waals surface area contributed by atoms with Crippen molar-refractivity contribution in [1.29, 1.82) is 0 Å². The van der Waals surface area contributed by atoms with Crippen LogP contribution in [-0.4, -0.2) is 41.8 Å². The molecule has 0 aromatic rings. The van der Waals surface area contributed by atoms with E-state index in [1.807, 2.05) is 6.92 Å². The summed E-state index contributed by atoms with van der Waals surface area (Å²) in [6.45, 7) is 9.95. The molecule has 0 aromatic heterocycles. The van der Waals surface area contributed by atoms with Gasteiger partial charge in [0.1, 0.15) is 0 Å². The Morgan fingerprint density at radius 1 is 1.33 bits per heavy atom. The lowest BCUT2D eigenvalue weighted by Gasteiger charge is -2.39. The summed E-state index contributed by atoms with van der Waals surface area (Å²) in [7, 11) is 0. The molecular formula is C15H30N2O. The third-order valence-corrected chi connectivity index (χ3v) is 5.19. The molecular weight excluding hydrogens is 224 g/mol. The minimum Gasteiger partial charge on any atom is -0.393 e. The van der Waals surface area contributed by atoms with Gasteiger partial charge in [-0.2, -0.15) is 0 Å². The summed E-state index contributed by atoms with van der Waals surface area (Å²) in [5.41, 5.74) is 6.36. The minimum absolute atomic E-state index is 0.160. The zero-order valence-electron chi connectivity index (χ0n) is 12.2. The van der Waals surface area contributed by atoms with Crippen molar-refractivity contribution in [2.24, 2.45) is 29.4 Å². The maximum absolute atomic E-state index is 9.66. The molecule has 6 unspecified atom stereocenters. The van der Waals surface area contributed by atoms with E-state index in [9.17, 15) is 5.11 Å². The zero-order valence-corrected chi connectivity index (χ0v) is 12.2. The van der Waals surface area contributed by atoms with Crippen molar-refractivity contribution in [1.82, 2.24) is 4.90 Å². The predicted octanol–water partition coefficient (Wildman–Crippen LogP) is 1.70. The summed E-state index contributed by atoms with van der Waals surface area (Å²) in [6, 6.07) is 0.370. The van der Waals surface area contributed by atoms with Crippen LogP contribution in [-0.2, 0) is 0 Å². The lowest BCUT2D eigenvalue weighted by Crippen LogP contribution is -2.46. The normalized spacial score (nSPS) is 44.2. The molecule has 106 valence electrons. The van der Waals surface area contributed by atoms with Gasteiger partial charge in [-0.3, -0.25) is 0 Å². The third kappa shape index (κ3) is 3.25. The lowest BCUT2D eigenvalue weighted by molar-refractivity contribution is 0.108. The summed E-state index contributed by atoms with van der Waals surface area (Å²) in [5, 5.41) is 9.66. The summed E-state index contributed by atoms with van der Waals surface area (Å²) >= 11 is 0. The fourth-order valence-electron chi connectivity index (χ4n) is 4.00. The van der Waals surface area contributed by atoms with Crippen LogP contribution in [0, 0.1) is 23.7 Å². The molecule has 1 saturated carbocycles. The zero-order chi connectivity index (χ0) is 13.3. The van der Waals surface area contributed by atoms with Gasteiger partial charge >= 0.3 is 0 Å². The Morgan fingerprint density at radius 2 is 2.06 bits per heavy atom. The van der Waals surface area contributed by atoms with Crippen LogP contribution in [0.25, 0.3) is 0 Å². The molecule has 1 aliphatic heterocycles. The number of nitrogens with two attached hydrogens (primary N) is 1. The van der Waals surface area contributed by atoms with Gasteiger partial charge in [0, 0.05) is 19.1 Å². The van der Waals surface area contributed by atoms with E-state index in [-0.39, 0.29) is 6.10 Å². The van der Waals surface area contributed by atoms with Gasteiger partial charge in [0.2, 0.25) is 0 Å². The minimum atomic E-state index is -0.160. The molecule has 2 aliphatic rings. The summed E-state index contributed by atoms with van der Waals surface area (Å²) < 4.78 is 0. The topological polar surface area (TPSA) is 49.5 Å². The Bertz CT molecular complexity index is 257. The monoisotopic (exact) mass is 254 g/mol. The molecule has 0 bridgehead atoms. The molecule has 18 heavy (non-hydrogen) atoms. The van der Waals surface area contributed by atoms with Crippen molar-refractivity contribution < 1.29 is 5.11 Å². The van der Waals surface area contributed by atoms with E-state index in [4.69, 9.17) is 5.73 Å². The maximum atomic E-state index is 9.66. The first-order chi connectivity index (χ1) is 8.47. The molecule has 6 atom stereocenters. The first-order valence-electron chi connectivity index (χ1n) is 7.63. The lowest BCUT2D eigenvalue weighted by atomic mass is 9.72. The molecule has 2 rings (SSSR count). The summed E-state index contributed by atoms with van der Waals surface area (Å²) in [6.07, 6.45) is 3.49. The van der Waals surface area contributed by atoms with E-state index in [0.717, 1.165) is 37.9 Å². The average Bonchev–Trinajstić information content (AvgIpc) is 2.71. The molecule has 1 heterocycles. The predicted molar refractivity (Wildman–Crippen MR) is 75.3 cm³/mol. The molecule has 0 amide bonds. The maximum Gasteiger partial charge on any atom is 0.0552 e. The van der Waals surface area contributed by atoms with Crippen molar-refractivity contribution in [3.63, 3.8) is 0 Å². The molecule has 2 fully saturated rings. The molecule has 0 aromatic carbocycles. The van der Waals surface area contributed by atoms with Crippen molar-refractivity contribution in [2.45, 2.75) is 52.2 Å². The molecule has 0 radical (unpaired) electrons. The Morgan fingerprint density at radius 3 is 2.61 bits per heavy atom. The van der Waals surface area contributed by atoms with E-state index in [1.165, 1.54) is 12.8 Å². The van der Waals surface area contributed by atoms with Crippen molar-refractivity contribution >= 4 is 0 Å². The highest BCUT2D eigenvalue weighted by Crippen LogP contribution is 2.34. The number of rotatable bonds is 3. The highest BCUT2D eigenvalue weighted by molar-refractivity contribution is 4.89. The SMILES string of the molecule is CC1CC(C)C(CN2CCC(C(C)O)C2)C(N)C1. The van der Waals surface area contributed by atoms with E-state index in [1.54, 1.807) is 0 Å². The van der Waals surface area contributed by atoms with Gasteiger partial charge in [-0.1, -0.05) is 13.8 Å². The molecule has 3 N–H and O–H groups in total. The molecule has 0 spiro atoms. The Hall–Kier alpha value is -0.120. The van der Waals surface area contributed by atoms with Crippen LogP contribution in [0.5, 0.6) is 0 Å². The summed E-state index contributed by atoms with van der Waals surface area (Å²) in [5.74, 6) is 2.65. The van der Waals surface area contributed by atoms with E-state index in [0.29, 0.717) is 17.9 Å². The largest absolute Gasteiger partial charge is 0.393 e. The van der Waals surface area contributed by atoms with E-state index >= 15 is 0 Å². The fraction of sp³-hybridized carbons (Fsp3) is 1.00. The second kappa shape index (κ2) is 5.89. The van der Waals surface area contributed by atoms with Gasteiger partial charge in [0.25, 0.3) is 0 Å². The van der Waals surface area contributed by atoms with Crippen LogP contribution >= 0.6 is 0 Å². The van der Waals surface area contributed by atoms with Gasteiger partial charge < -0.3 is 15.7 Å². The first kappa shape index (κ1) is 14.3. The van der Waals surface area contributed by atoms with Gasteiger partial charge in [0.15, 0.2) is 0 Å². The number of nitrogens with zero attached hydrogens (tertiary/aromatic N) is 1. The first-order valence-corrected chi connectivity index (χ1v) is 7.63. The van der Waals surface area contributed by atoms with Crippen molar-refractivity contribution in [3.8, 4) is 0 Å². The van der Waals surface area contributed by atoms with Crippen molar-refractivity contribution in [3.05, 3.63) is 0 Å². The molecule has 3 heteroatoms. The second-order valence-corrected chi connectivity index (χ2v) is 6.93. The van der Waals surface area contributed by atoms with Crippen LogP contribution in [0.15, 0.2) is 0 Å². The van der Waals surface area contributed by atoms with E-state index in [2.05, 4.69) is 18.7 Å². The molecule has 1 saturated heterocycles. The number of hydrogen-bond donors (Lipinski definition) is 2. The fourth-order valence-corrected chi connectivity index (χ4v) is 4.00. The van der Waals surface area contributed by atoms with Gasteiger partial charge in [-0.25, -0.2) is 0 Å². The Labute approximate surface area is 112 Å². The molecule has 3 nitrogen and oxygen atoms in total. The number of aliphatic hydroxyl groups excluding tert-OH is 1. The quantitative estimate of drug-likeness (QED) is 0.806. The van der Waals surface area contributed by atoms with Gasteiger partial charge in [0.05, 0.1) is 6.10 Å². The number of likely N-dealkylation sites (tertiary alicyclic amines) is 1. The van der Waals surface area contributed by atoms with Crippen molar-refractivity contribution in [2.75, 3.05) is 19.6 Å². The van der Waals surface area contributed by atoms with Crippen LogP contribution in [0.2, 0.25) is 0 Å². The highest BCUT2D eigenvalue weighted by atomic mass is 16.3. The van der Waals surface area contributed by atoms with E-state index < -0.39 is 0 Å². The smallest absolute Gasteiger partial charge is 0.0552 e. The van der Waals surface area contributed by atoms with Gasteiger partial charge in [-0.05, 0) is 56.4 Å². The van der Waals surface area contributed by atoms with Crippen LogP contribution in [0.3, 0.4) is 0 Å². The highest BCUT2D eigenvalue weighted by Gasteiger charge is 2.35. The third-order valence-electron chi connectivity index (χ3n) is 5.19. The van der Waals surface area contributed by atoms with Crippen LogP contribution < -0.4 is 5.73 Å². The summed E-state index contributed by atoms with van der Waals surface area (Å²) in [4.78, 5) is 2.52.